The zero-order valence-corrected chi connectivity index (χ0v) is 18.7. The second-order valence-electron chi connectivity index (χ2n) is 7.25. The zero-order valence-electron chi connectivity index (χ0n) is 18.7. The van der Waals surface area contributed by atoms with Gasteiger partial charge in [-0.1, -0.05) is 0 Å². The Hall–Kier alpha value is -3.49. The molecule has 0 aliphatic carbocycles. The fraction of sp³-hybridized carbons (Fsp3) is 0.409. The number of hydrogen-bond acceptors (Lipinski definition) is 8. The molecule has 3 rings (SSSR count). The van der Waals surface area contributed by atoms with Gasteiger partial charge >= 0.3 is 0 Å². The summed E-state index contributed by atoms with van der Waals surface area (Å²) in [5.41, 5.74) is 0.790. The third-order valence-corrected chi connectivity index (χ3v) is 5.12. The van der Waals surface area contributed by atoms with Crippen molar-refractivity contribution in [1.82, 2.24) is 15.1 Å². The third kappa shape index (κ3) is 5.17. The minimum atomic E-state index is -0.0394. The van der Waals surface area contributed by atoms with Crippen LogP contribution in [0.5, 0.6) is 17.2 Å². The molecule has 166 valence electrons. The summed E-state index contributed by atoms with van der Waals surface area (Å²) >= 11 is 0. The van der Waals surface area contributed by atoms with Crippen LogP contribution in [0.25, 0.3) is 6.08 Å². The first-order valence-corrected chi connectivity index (χ1v) is 9.99. The number of aromatic nitrogens is 2. The minimum absolute atomic E-state index is 0.0394. The lowest BCUT2D eigenvalue weighted by Crippen LogP contribution is -2.48. The lowest BCUT2D eigenvalue weighted by Gasteiger charge is -2.34. The van der Waals surface area contributed by atoms with Gasteiger partial charge < -0.3 is 28.9 Å². The van der Waals surface area contributed by atoms with Crippen LogP contribution < -0.4 is 24.0 Å². The number of rotatable bonds is 7. The van der Waals surface area contributed by atoms with Crippen molar-refractivity contribution >= 4 is 23.6 Å². The van der Waals surface area contributed by atoms with Crippen molar-refractivity contribution < 1.29 is 19.0 Å². The first-order valence-electron chi connectivity index (χ1n) is 9.99. The third-order valence-electron chi connectivity index (χ3n) is 5.12. The molecule has 0 bridgehead atoms. The van der Waals surface area contributed by atoms with E-state index in [2.05, 4.69) is 15.1 Å². The van der Waals surface area contributed by atoms with Crippen molar-refractivity contribution in [2.45, 2.75) is 0 Å². The SMILES string of the molecule is COc1cc(/C=C/C(=O)N2CCN(c3ccc(N(C)C)nn3)CC2)cc(OC)c1OC. The van der Waals surface area contributed by atoms with E-state index >= 15 is 0 Å². The van der Waals surface area contributed by atoms with Gasteiger partial charge in [0.05, 0.1) is 21.3 Å². The molecule has 9 heteroatoms. The maximum atomic E-state index is 12.7. The summed E-state index contributed by atoms with van der Waals surface area (Å²) in [5, 5.41) is 8.52. The van der Waals surface area contributed by atoms with Gasteiger partial charge in [-0.25, -0.2) is 0 Å². The first kappa shape index (κ1) is 22.2. The van der Waals surface area contributed by atoms with E-state index in [-0.39, 0.29) is 5.91 Å². The van der Waals surface area contributed by atoms with Crippen molar-refractivity contribution in [3.05, 3.63) is 35.9 Å². The molecule has 0 atom stereocenters. The Morgan fingerprint density at radius 1 is 0.968 bits per heavy atom. The summed E-state index contributed by atoms with van der Waals surface area (Å²) in [6, 6.07) is 7.52. The molecular weight excluding hydrogens is 398 g/mol. The van der Waals surface area contributed by atoms with E-state index in [4.69, 9.17) is 14.2 Å². The molecule has 9 nitrogen and oxygen atoms in total. The Morgan fingerprint density at radius 3 is 2.10 bits per heavy atom. The first-order chi connectivity index (χ1) is 15.0. The fourth-order valence-electron chi connectivity index (χ4n) is 3.35. The number of piperazine rings is 1. The molecule has 0 N–H and O–H groups in total. The molecule has 0 unspecified atom stereocenters. The van der Waals surface area contributed by atoms with Gasteiger partial charge in [0, 0.05) is 46.4 Å². The summed E-state index contributed by atoms with van der Waals surface area (Å²) in [4.78, 5) is 18.5. The van der Waals surface area contributed by atoms with Gasteiger partial charge in [0.25, 0.3) is 0 Å². The van der Waals surface area contributed by atoms with Crippen LogP contribution in [0.15, 0.2) is 30.3 Å². The highest BCUT2D eigenvalue weighted by atomic mass is 16.5. The molecule has 2 aromatic rings. The van der Waals surface area contributed by atoms with E-state index in [0.717, 1.165) is 17.2 Å². The lowest BCUT2D eigenvalue weighted by molar-refractivity contribution is -0.126. The van der Waals surface area contributed by atoms with E-state index in [9.17, 15) is 4.79 Å². The fourth-order valence-corrected chi connectivity index (χ4v) is 3.35. The lowest BCUT2D eigenvalue weighted by atomic mass is 10.1. The van der Waals surface area contributed by atoms with E-state index in [0.29, 0.717) is 43.4 Å². The zero-order chi connectivity index (χ0) is 22.4. The van der Waals surface area contributed by atoms with Gasteiger partial charge in [0.15, 0.2) is 23.1 Å². The normalized spacial score (nSPS) is 14.0. The van der Waals surface area contributed by atoms with E-state index in [1.54, 1.807) is 45.6 Å². The summed E-state index contributed by atoms with van der Waals surface area (Å²) in [7, 11) is 8.54. The van der Waals surface area contributed by atoms with Crippen LogP contribution in [0.3, 0.4) is 0 Å². The van der Waals surface area contributed by atoms with Crippen LogP contribution in [0.4, 0.5) is 11.6 Å². The molecule has 0 radical (unpaired) electrons. The van der Waals surface area contributed by atoms with Crippen LogP contribution in [0.1, 0.15) is 5.56 Å². The minimum Gasteiger partial charge on any atom is -0.493 e. The van der Waals surface area contributed by atoms with Crippen LogP contribution in [-0.2, 0) is 4.79 Å². The maximum Gasteiger partial charge on any atom is 0.246 e. The average Bonchev–Trinajstić information content (AvgIpc) is 2.81. The Balaban J connectivity index is 1.61. The highest BCUT2D eigenvalue weighted by molar-refractivity contribution is 5.92. The number of benzene rings is 1. The van der Waals surface area contributed by atoms with Crippen molar-refractivity contribution in [1.29, 1.82) is 0 Å². The van der Waals surface area contributed by atoms with Crippen molar-refractivity contribution in [2.24, 2.45) is 0 Å². The summed E-state index contributed by atoms with van der Waals surface area (Å²) < 4.78 is 16.1. The number of methoxy groups -OCH3 is 3. The highest BCUT2D eigenvalue weighted by Crippen LogP contribution is 2.38. The molecule has 0 saturated carbocycles. The van der Waals surface area contributed by atoms with Crippen LogP contribution in [-0.4, -0.2) is 82.6 Å². The predicted molar refractivity (Wildman–Crippen MR) is 120 cm³/mol. The monoisotopic (exact) mass is 427 g/mol. The van der Waals surface area contributed by atoms with Gasteiger partial charge in [-0.05, 0) is 35.9 Å². The van der Waals surface area contributed by atoms with Crippen molar-refractivity contribution in [3.8, 4) is 17.2 Å². The Morgan fingerprint density at radius 2 is 1.61 bits per heavy atom. The molecule has 0 spiro atoms. The highest BCUT2D eigenvalue weighted by Gasteiger charge is 2.21. The van der Waals surface area contributed by atoms with E-state index < -0.39 is 0 Å². The molecular formula is C22H29N5O4. The Kier molecular flexibility index (Phi) is 7.17. The number of amides is 1. The number of anilines is 2. The van der Waals surface area contributed by atoms with Crippen LogP contribution >= 0.6 is 0 Å². The molecule has 1 saturated heterocycles. The summed E-state index contributed by atoms with van der Waals surface area (Å²) in [6.07, 6.45) is 3.33. The predicted octanol–water partition coefficient (Wildman–Crippen LogP) is 1.93. The molecule has 1 aliphatic rings. The molecule has 1 aliphatic heterocycles. The van der Waals surface area contributed by atoms with Gasteiger partial charge in [-0.3, -0.25) is 4.79 Å². The quantitative estimate of drug-likeness (QED) is 0.620. The smallest absolute Gasteiger partial charge is 0.246 e. The summed E-state index contributed by atoms with van der Waals surface area (Å²) in [5.74, 6) is 3.21. The van der Waals surface area contributed by atoms with Gasteiger partial charge in [-0.2, -0.15) is 0 Å². The van der Waals surface area contributed by atoms with Gasteiger partial charge in [0.1, 0.15) is 0 Å². The number of ether oxygens (including phenoxy) is 3. The van der Waals surface area contributed by atoms with Crippen LogP contribution in [0, 0.1) is 0 Å². The van der Waals surface area contributed by atoms with Gasteiger partial charge in [0.2, 0.25) is 11.7 Å². The Bertz CT molecular complexity index is 897. The van der Waals surface area contributed by atoms with E-state index in [1.165, 1.54) is 0 Å². The van der Waals surface area contributed by atoms with Crippen LogP contribution in [0.2, 0.25) is 0 Å². The van der Waals surface area contributed by atoms with Crippen molar-refractivity contribution in [3.63, 3.8) is 0 Å². The summed E-state index contributed by atoms with van der Waals surface area (Å²) in [6.45, 7) is 2.66. The van der Waals surface area contributed by atoms with Gasteiger partial charge in [-0.15, -0.1) is 10.2 Å². The second-order valence-corrected chi connectivity index (χ2v) is 7.25. The molecule has 1 aromatic heterocycles. The Labute approximate surface area is 182 Å². The molecule has 2 heterocycles. The molecule has 1 fully saturated rings. The molecule has 1 aromatic carbocycles. The molecule has 31 heavy (non-hydrogen) atoms. The number of hydrogen-bond donors (Lipinski definition) is 0. The largest absolute Gasteiger partial charge is 0.493 e. The standard InChI is InChI=1S/C22H29N5O4/c1-25(2)19-7-8-20(24-23-19)26-10-12-27(13-11-26)21(28)9-6-16-14-17(29-3)22(31-5)18(15-16)30-4/h6-9,14-15H,10-13H2,1-5H3/b9-6+. The van der Waals surface area contributed by atoms with E-state index in [1.807, 2.05) is 36.0 Å². The topological polar surface area (TPSA) is 80.3 Å². The maximum absolute atomic E-state index is 12.7. The second kappa shape index (κ2) is 10.0. The average molecular weight is 428 g/mol. The molecule has 1 amide bonds. The number of nitrogens with zero attached hydrogens (tertiary/aromatic N) is 5. The number of carbonyl (C=O) groups excluding carboxylic acids is 1. The number of carbonyl (C=O) groups is 1. The van der Waals surface area contributed by atoms with Crippen molar-refractivity contribution in [2.75, 3.05) is 71.4 Å².